The molecule has 0 radical (unpaired) electrons. The van der Waals surface area contributed by atoms with Gasteiger partial charge in [-0.1, -0.05) is 0 Å². The van der Waals surface area contributed by atoms with Gasteiger partial charge in [0, 0.05) is 0 Å². The molecule has 0 aromatic carbocycles. The minimum atomic E-state index is -0.500. The molecule has 0 rings (SSSR count). The van der Waals surface area contributed by atoms with Crippen molar-refractivity contribution in [3.05, 3.63) is 0 Å². The summed E-state index contributed by atoms with van der Waals surface area (Å²) in [7, 11) is 0. The second-order valence-corrected chi connectivity index (χ2v) is 4.34. The van der Waals surface area contributed by atoms with E-state index in [0.29, 0.717) is 0 Å². The summed E-state index contributed by atoms with van der Waals surface area (Å²) < 4.78 is 0. The maximum absolute atomic E-state index is 8.52. The third kappa shape index (κ3) is 1030. The summed E-state index contributed by atoms with van der Waals surface area (Å²) in [6.07, 6.45) is 0. The number of rotatable bonds is 0. The molecule has 0 aliphatic carbocycles. The molecule has 0 unspecified atom stereocenters. The van der Waals surface area contributed by atoms with E-state index in [2.05, 4.69) is 0 Å². The van der Waals surface area contributed by atoms with E-state index in [4.69, 9.17) is 10.2 Å². The van der Waals surface area contributed by atoms with E-state index in [-0.39, 0.29) is 31.0 Å². The number of hydrogen-bond donors (Lipinski definition) is 2. The molecule has 0 heterocycles. The van der Waals surface area contributed by atoms with Crippen molar-refractivity contribution in [3.8, 4) is 0 Å². The molecule has 66 valence electrons. The zero-order valence-corrected chi connectivity index (χ0v) is 10.9. The van der Waals surface area contributed by atoms with E-state index in [1.807, 2.05) is 0 Å². The summed E-state index contributed by atoms with van der Waals surface area (Å²) in [5, 5.41) is 17.0. The fourth-order valence-corrected chi connectivity index (χ4v) is 0. The van der Waals surface area contributed by atoms with Crippen molar-refractivity contribution in [1.29, 1.82) is 0 Å². The molecule has 2 N–H and O–H groups in total. The zero-order chi connectivity index (χ0) is 9.00. The maximum atomic E-state index is 8.52. The van der Waals surface area contributed by atoms with Gasteiger partial charge >= 0.3 is 29.6 Å². The van der Waals surface area contributed by atoms with Gasteiger partial charge in [0.05, 0.1) is 11.2 Å². The minimum absolute atomic E-state index is 0. The van der Waals surface area contributed by atoms with Crippen molar-refractivity contribution in [1.82, 2.24) is 0 Å². The molecule has 0 aromatic rings. The van der Waals surface area contributed by atoms with Crippen LogP contribution in [0.4, 0.5) is 0 Å². The van der Waals surface area contributed by atoms with Gasteiger partial charge in [0.2, 0.25) is 0 Å². The molecule has 0 aromatic heterocycles. The summed E-state index contributed by atoms with van der Waals surface area (Å²) in [5.74, 6) is 0. The smallest absolute Gasteiger partial charge is 1.00 e. The fraction of sp³-hybridized carbons (Fsp3) is 1.00. The van der Waals surface area contributed by atoms with E-state index < -0.39 is 11.2 Å². The van der Waals surface area contributed by atoms with E-state index in [1.54, 1.807) is 41.5 Å². The first-order chi connectivity index (χ1) is 4.00. The SMILES string of the molecule is CC(C)(C)O.CC(C)(C)O.[H-].[Na+]. The van der Waals surface area contributed by atoms with Gasteiger partial charge in [0.15, 0.2) is 0 Å². The van der Waals surface area contributed by atoms with Gasteiger partial charge in [-0.3, -0.25) is 0 Å². The standard InChI is InChI=1S/2C4H10O.Na.H/c2*1-4(2,3)5;;/h2*5H,1-3H3;;/q;;+1;-1. The Labute approximate surface area is 93.8 Å². The van der Waals surface area contributed by atoms with Gasteiger partial charge < -0.3 is 11.6 Å². The second kappa shape index (κ2) is 6.44. The van der Waals surface area contributed by atoms with Crippen molar-refractivity contribution >= 4 is 0 Å². The van der Waals surface area contributed by atoms with E-state index >= 15 is 0 Å². The first-order valence-electron chi connectivity index (χ1n) is 3.45. The van der Waals surface area contributed by atoms with Crippen molar-refractivity contribution in [2.75, 3.05) is 0 Å². The maximum Gasteiger partial charge on any atom is 1.00 e. The molecular weight excluding hydrogens is 151 g/mol. The summed E-state index contributed by atoms with van der Waals surface area (Å²) >= 11 is 0. The molecule has 0 atom stereocenters. The predicted octanol–water partition coefficient (Wildman–Crippen LogP) is -1.33. The van der Waals surface area contributed by atoms with Crippen LogP contribution in [0.15, 0.2) is 0 Å². The molecule has 0 aliphatic rings. The summed E-state index contributed by atoms with van der Waals surface area (Å²) in [6, 6.07) is 0. The largest absolute Gasteiger partial charge is 1.00 e. The van der Waals surface area contributed by atoms with Crippen molar-refractivity contribution < 1.29 is 41.2 Å². The summed E-state index contributed by atoms with van der Waals surface area (Å²) in [5.41, 5.74) is -1.00. The van der Waals surface area contributed by atoms with E-state index in [9.17, 15) is 0 Å². The predicted molar refractivity (Wildman–Crippen MR) is 45.1 cm³/mol. The average Bonchev–Trinajstić information content (AvgIpc) is 1.12. The third-order valence-electron chi connectivity index (χ3n) is 0. The first-order valence-corrected chi connectivity index (χ1v) is 3.45. The number of aliphatic hydroxyl groups is 2. The van der Waals surface area contributed by atoms with Gasteiger partial charge in [-0.15, -0.1) is 0 Å². The van der Waals surface area contributed by atoms with Gasteiger partial charge in [-0.25, -0.2) is 0 Å². The molecule has 0 saturated carbocycles. The van der Waals surface area contributed by atoms with Crippen LogP contribution in [0.5, 0.6) is 0 Å². The Morgan fingerprint density at radius 3 is 0.727 bits per heavy atom. The average molecular weight is 172 g/mol. The van der Waals surface area contributed by atoms with Gasteiger partial charge in [0.1, 0.15) is 0 Å². The van der Waals surface area contributed by atoms with Crippen LogP contribution in [0.25, 0.3) is 0 Å². The Morgan fingerprint density at radius 2 is 0.727 bits per heavy atom. The molecule has 0 saturated heterocycles. The fourth-order valence-electron chi connectivity index (χ4n) is 0. The third-order valence-corrected chi connectivity index (χ3v) is 0. The Hall–Kier alpha value is 0.920. The van der Waals surface area contributed by atoms with Crippen LogP contribution in [0.1, 0.15) is 43.0 Å². The Kier molecular flexibility index (Phi) is 10.5. The Balaban J connectivity index is -0.0000000457. The quantitative estimate of drug-likeness (QED) is 0.445. The van der Waals surface area contributed by atoms with Crippen molar-refractivity contribution in [3.63, 3.8) is 0 Å². The van der Waals surface area contributed by atoms with Gasteiger partial charge in [0.25, 0.3) is 0 Å². The topological polar surface area (TPSA) is 40.5 Å². The van der Waals surface area contributed by atoms with Crippen LogP contribution in [0, 0.1) is 0 Å². The van der Waals surface area contributed by atoms with Crippen LogP contribution >= 0.6 is 0 Å². The normalized spacial score (nSPS) is 10.9. The molecule has 0 amide bonds. The molecule has 2 nitrogen and oxygen atoms in total. The summed E-state index contributed by atoms with van der Waals surface area (Å²) in [6.45, 7) is 10.5. The van der Waals surface area contributed by atoms with Crippen LogP contribution in [-0.4, -0.2) is 21.4 Å². The molecular formula is C8H21NaO2. The van der Waals surface area contributed by atoms with Gasteiger partial charge in [-0.05, 0) is 41.5 Å². The molecule has 0 spiro atoms. The molecule has 0 bridgehead atoms. The van der Waals surface area contributed by atoms with E-state index in [1.165, 1.54) is 0 Å². The van der Waals surface area contributed by atoms with Crippen molar-refractivity contribution in [2.45, 2.75) is 52.7 Å². The van der Waals surface area contributed by atoms with Crippen LogP contribution < -0.4 is 29.6 Å². The van der Waals surface area contributed by atoms with Crippen LogP contribution in [0.3, 0.4) is 0 Å². The monoisotopic (exact) mass is 172 g/mol. The molecule has 0 fully saturated rings. The Bertz CT molecular complexity index is 60.0. The van der Waals surface area contributed by atoms with Gasteiger partial charge in [-0.2, -0.15) is 0 Å². The van der Waals surface area contributed by atoms with Crippen LogP contribution in [-0.2, 0) is 0 Å². The van der Waals surface area contributed by atoms with Crippen LogP contribution in [0.2, 0.25) is 0 Å². The molecule has 0 aliphatic heterocycles. The zero-order valence-electron chi connectivity index (χ0n) is 9.89. The first kappa shape index (κ1) is 17.9. The Morgan fingerprint density at radius 1 is 0.727 bits per heavy atom. The minimum Gasteiger partial charge on any atom is -1.00 e. The molecule has 3 heteroatoms. The van der Waals surface area contributed by atoms with E-state index in [0.717, 1.165) is 0 Å². The number of hydrogen-bond acceptors (Lipinski definition) is 2. The summed E-state index contributed by atoms with van der Waals surface area (Å²) in [4.78, 5) is 0. The molecule has 11 heavy (non-hydrogen) atoms. The second-order valence-electron chi connectivity index (χ2n) is 4.34. The van der Waals surface area contributed by atoms with Crippen molar-refractivity contribution in [2.24, 2.45) is 0 Å².